The normalized spacial score (nSPS) is 34.4. The van der Waals surface area contributed by atoms with Crippen LogP contribution in [0.15, 0.2) is 12.2 Å². The molecule has 3 aliphatic rings. The summed E-state index contributed by atoms with van der Waals surface area (Å²) < 4.78 is 0. The number of hydrogen-bond acceptors (Lipinski definition) is 1. The minimum Gasteiger partial charge on any atom is -0.342 e. The number of allylic oxidation sites excluding steroid dienone is 2. The monoisotopic (exact) mass is 247 g/mol. The van der Waals surface area contributed by atoms with Crippen LogP contribution in [-0.2, 0) is 4.79 Å². The standard InChI is InChI=1S/C16H25NO/c1-12(18)17(10-13-7-8-13)11-15-9-16(15)14-5-3-2-4-6-14/h2-3,13-16H,4-11H2,1H3/t14?,15-,16?/m1/s1. The van der Waals surface area contributed by atoms with E-state index in [1.54, 1.807) is 6.92 Å². The highest BCUT2D eigenvalue weighted by molar-refractivity contribution is 5.73. The summed E-state index contributed by atoms with van der Waals surface area (Å²) in [6, 6.07) is 0. The molecule has 2 unspecified atom stereocenters. The zero-order valence-corrected chi connectivity index (χ0v) is 11.5. The van der Waals surface area contributed by atoms with E-state index in [1.165, 1.54) is 38.5 Å². The molecule has 1 amide bonds. The lowest BCUT2D eigenvalue weighted by Gasteiger charge is -2.23. The van der Waals surface area contributed by atoms with Gasteiger partial charge in [-0.2, -0.15) is 0 Å². The molecule has 0 aromatic heterocycles. The molecule has 0 aromatic carbocycles. The van der Waals surface area contributed by atoms with E-state index < -0.39 is 0 Å². The smallest absolute Gasteiger partial charge is 0.219 e. The number of rotatable bonds is 5. The summed E-state index contributed by atoms with van der Waals surface area (Å²) in [6.07, 6.45) is 12.7. The number of hydrogen-bond donors (Lipinski definition) is 0. The van der Waals surface area contributed by atoms with Crippen LogP contribution >= 0.6 is 0 Å². The maximum Gasteiger partial charge on any atom is 0.219 e. The summed E-state index contributed by atoms with van der Waals surface area (Å²) in [6.45, 7) is 3.81. The summed E-state index contributed by atoms with van der Waals surface area (Å²) in [4.78, 5) is 13.8. The van der Waals surface area contributed by atoms with Crippen molar-refractivity contribution in [1.29, 1.82) is 0 Å². The summed E-state index contributed by atoms with van der Waals surface area (Å²) in [5.74, 6) is 3.75. The van der Waals surface area contributed by atoms with Gasteiger partial charge >= 0.3 is 0 Å². The third-order valence-electron chi connectivity index (χ3n) is 4.97. The van der Waals surface area contributed by atoms with Crippen molar-refractivity contribution in [1.82, 2.24) is 4.90 Å². The molecule has 0 heterocycles. The van der Waals surface area contributed by atoms with Crippen LogP contribution < -0.4 is 0 Å². The van der Waals surface area contributed by atoms with Crippen molar-refractivity contribution in [3.63, 3.8) is 0 Å². The number of carbonyl (C=O) groups is 1. The van der Waals surface area contributed by atoms with Gasteiger partial charge in [-0.3, -0.25) is 4.79 Å². The van der Waals surface area contributed by atoms with Crippen molar-refractivity contribution in [3.05, 3.63) is 12.2 Å². The summed E-state index contributed by atoms with van der Waals surface area (Å²) >= 11 is 0. The molecule has 2 nitrogen and oxygen atoms in total. The molecule has 0 aliphatic heterocycles. The van der Waals surface area contributed by atoms with Gasteiger partial charge in [0.1, 0.15) is 0 Å². The molecule has 0 bridgehead atoms. The lowest BCUT2D eigenvalue weighted by atomic mass is 9.89. The fourth-order valence-electron chi connectivity index (χ4n) is 3.49. The van der Waals surface area contributed by atoms with Crippen molar-refractivity contribution in [2.45, 2.75) is 45.4 Å². The summed E-state index contributed by atoms with van der Waals surface area (Å²) in [5, 5.41) is 0. The quantitative estimate of drug-likeness (QED) is 0.683. The second-order valence-electron chi connectivity index (χ2n) is 6.57. The molecular weight excluding hydrogens is 222 g/mol. The number of carbonyl (C=O) groups excluding carboxylic acids is 1. The van der Waals surface area contributed by atoms with E-state index in [-0.39, 0.29) is 5.91 Å². The highest BCUT2D eigenvalue weighted by atomic mass is 16.2. The van der Waals surface area contributed by atoms with Crippen LogP contribution in [0.3, 0.4) is 0 Å². The van der Waals surface area contributed by atoms with E-state index in [4.69, 9.17) is 0 Å². The zero-order chi connectivity index (χ0) is 12.5. The average molecular weight is 247 g/mol. The van der Waals surface area contributed by atoms with Crippen molar-refractivity contribution < 1.29 is 4.79 Å². The van der Waals surface area contributed by atoms with Gasteiger partial charge in [-0.1, -0.05) is 12.2 Å². The maximum absolute atomic E-state index is 11.7. The third-order valence-corrected chi connectivity index (χ3v) is 4.97. The first-order valence-corrected chi connectivity index (χ1v) is 7.64. The second-order valence-corrected chi connectivity index (χ2v) is 6.57. The van der Waals surface area contributed by atoms with Gasteiger partial charge in [-0.25, -0.2) is 0 Å². The van der Waals surface area contributed by atoms with Gasteiger partial charge in [0, 0.05) is 20.0 Å². The van der Waals surface area contributed by atoms with E-state index in [1.807, 2.05) is 0 Å². The Morgan fingerprint density at radius 3 is 2.67 bits per heavy atom. The van der Waals surface area contributed by atoms with Crippen molar-refractivity contribution >= 4 is 5.91 Å². The van der Waals surface area contributed by atoms with Crippen molar-refractivity contribution in [2.24, 2.45) is 23.7 Å². The molecule has 100 valence electrons. The highest BCUT2D eigenvalue weighted by Gasteiger charge is 2.43. The second kappa shape index (κ2) is 5.07. The van der Waals surface area contributed by atoms with Crippen LogP contribution in [0.25, 0.3) is 0 Å². The van der Waals surface area contributed by atoms with Gasteiger partial charge in [0.05, 0.1) is 0 Å². The Balaban J connectivity index is 1.47. The van der Waals surface area contributed by atoms with Crippen LogP contribution in [0.4, 0.5) is 0 Å². The predicted octanol–water partition coefficient (Wildman–Crippen LogP) is 3.24. The fraction of sp³-hybridized carbons (Fsp3) is 0.812. The highest BCUT2D eigenvalue weighted by Crippen LogP contribution is 2.48. The van der Waals surface area contributed by atoms with Gasteiger partial charge in [-0.15, -0.1) is 0 Å². The van der Waals surface area contributed by atoms with E-state index >= 15 is 0 Å². The molecule has 2 fully saturated rings. The van der Waals surface area contributed by atoms with E-state index in [0.717, 1.165) is 36.8 Å². The number of nitrogens with zero attached hydrogens (tertiary/aromatic N) is 1. The molecule has 2 heteroatoms. The summed E-state index contributed by atoms with van der Waals surface area (Å²) in [7, 11) is 0. The average Bonchev–Trinajstić information content (AvgIpc) is 3.24. The van der Waals surface area contributed by atoms with E-state index in [9.17, 15) is 4.79 Å². The molecule has 3 atom stereocenters. The van der Waals surface area contributed by atoms with E-state index in [2.05, 4.69) is 17.1 Å². The fourth-order valence-corrected chi connectivity index (χ4v) is 3.49. The molecule has 3 aliphatic carbocycles. The molecular formula is C16H25NO. The van der Waals surface area contributed by atoms with Gasteiger partial charge < -0.3 is 4.90 Å². The first-order valence-electron chi connectivity index (χ1n) is 7.64. The number of amides is 1. The van der Waals surface area contributed by atoms with E-state index in [0.29, 0.717) is 0 Å². The van der Waals surface area contributed by atoms with Crippen molar-refractivity contribution in [2.75, 3.05) is 13.1 Å². The Hall–Kier alpha value is -0.790. The van der Waals surface area contributed by atoms with Crippen LogP contribution in [0.1, 0.15) is 45.4 Å². The molecule has 0 N–H and O–H groups in total. The predicted molar refractivity (Wildman–Crippen MR) is 73.1 cm³/mol. The minimum atomic E-state index is 0.288. The molecule has 18 heavy (non-hydrogen) atoms. The van der Waals surface area contributed by atoms with Gasteiger partial charge in [-0.05, 0) is 62.2 Å². The SMILES string of the molecule is CC(=O)N(CC1CC1)C[C@H]1CC1C1CC=CCC1. The van der Waals surface area contributed by atoms with Crippen LogP contribution in [0.2, 0.25) is 0 Å². The Morgan fingerprint density at radius 2 is 2.06 bits per heavy atom. The van der Waals surface area contributed by atoms with Crippen LogP contribution in [-0.4, -0.2) is 23.9 Å². The third kappa shape index (κ3) is 2.96. The molecule has 2 saturated carbocycles. The first-order chi connectivity index (χ1) is 8.74. The lowest BCUT2D eigenvalue weighted by molar-refractivity contribution is -0.129. The molecule has 0 radical (unpaired) electrons. The van der Waals surface area contributed by atoms with Crippen LogP contribution in [0.5, 0.6) is 0 Å². The Kier molecular flexibility index (Phi) is 3.45. The topological polar surface area (TPSA) is 20.3 Å². The maximum atomic E-state index is 11.7. The lowest BCUT2D eigenvalue weighted by Crippen LogP contribution is -2.33. The van der Waals surface area contributed by atoms with Crippen molar-refractivity contribution in [3.8, 4) is 0 Å². The molecule has 0 spiro atoms. The zero-order valence-electron chi connectivity index (χ0n) is 11.5. The largest absolute Gasteiger partial charge is 0.342 e. The van der Waals surface area contributed by atoms with Gasteiger partial charge in [0.2, 0.25) is 5.91 Å². The molecule has 3 rings (SSSR count). The summed E-state index contributed by atoms with van der Waals surface area (Å²) in [5.41, 5.74) is 0. The molecule has 0 saturated heterocycles. The molecule has 0 aromatic rings. The first kappa shape index (κ1) is 12.3. The van der Waals surface area contributed by atoms with Crippen LogP contribution in [0, 0.1) is 23.7 Å². The minimum absolute atomic E-state index is 0.288. The van der Waals surface area contributed by atoms with Gasteiger partial charge in [0.15, 0.2) is 0 Å². The Morgan fingerprint density at radius 1 is 1.22 bits per heavy atom. The van der Waals surface area contributed by atoms with Gasteiger partial charge in [0.25, 0.3) is 0 Å². The Bertz CT molecular complexity index is 345. The Labute approximate surface area is 110 Å².